The van der Waals surface area contributed by atoms with Gasteiger partial charge in [0, 0.05) is 16.0 Å². The molecule has 0 saturated carbocycles. The van der Waals surface area contributed by atoms with Crippen molar-refractivity contribution in [3.8, 4) is 0 Å². The van der Waals surface area contributed by atoms with Gasteiger partial charge in [0.15, 0.2) is 0 Å². The minimum Gasteiger partial charge on any atom is -0.258 e. The second-order valence-corrected chi connectivity index (χ2v) is 2.94. The van der Waals surface area contributed by atoms with Crippen molar-refractivity contribution >= 4 is 23.0 Å². The Labute approximate surface area is 83.9 Å². The van der Waals surface area contributed by atoms with Crippen LogP contribution in [0.25, 0.3) is 10.4 Å². The molecule has 14 heavy (non-hydrogen) atoms. The lowest BCUT2D eigenvalue weighted by Crippen LogP contribution is -1.89. The molecule has 7 heteroatoms. The number of nitro groups is 1. The first-order valence-corrected chi connectivity index (χ1v) is 3.93. The van der Waals surface area contributed by atoms with Crippen molar-refractivity contribution in [2.75, 3.05) is 0 Å². The number of benzene rings is 1. The van der Waals surface area contributed by atoms with Crippen LogP contribution in [0, 0.1) is 17.0 Å². The van der Waals surface area contributed by atoms with Crippen LogP contribution in [0.3, 0.4) is 0 Å². The van der Waals surface area contributed by atoms with Gasteiger partial charge in [0.05, 0.1) is 4.92 Å². The maximum Gasteiger partial charge on any atom is 0.279 e. The molecule has 1 rings (SSSR count). The van der Waals surface area contributed by atoms with Gasteiger partial charge in [-0.05, 0) is 24.1 Å². The van der Waals surface area contributed by atoms with Crippen LogP contribution in [0.2, 0.25) is 5.02 Å². The van der Waals surface area contributed by atoms with Crippen molar-refractivity contribution in [3.63, 3.8) is 0 Å². The summed E-state index contributed by atoms with van der Waals surface area (Å²) in [5.74, 6) is 0. The molecule has 0 N–H and O–H groups in total. The van der Waals surface area contributed by atoms with E-state index in [1.807, 2.05) is 0 Å². The van der Waals surface area contributed by atoms with Gasteiger partial charge in [-0.2, -0.15) is 0 Å². The number of nitro benzene ring substituents is 1. The SMILES string of the molecule is Cc1cc([N+](=O)[O-])c(N=[N+]=[N-])cc1Cl. The van der Waals surface area contributed by atoms with Crippen molar-refractivity contribution < 1.29 is 4.92 Å². The number of rotatable bonds is 2. The molecular weight excluding hydrogens is 208 g/mol. The van der Waals surface area contributed by atoms with E-state index in [1.54, 1.807) is 6.92 Å². The number of halogens is 1. The average molecular weight is 213 g/mol. The number of azide groups is 1. The molecule has 0 aliphatic rings. The lowest BCUT2D eigenvalue weighted by atomic mass is 10.2. The van der Waals surface area contributed by atoms with E-state index in [9.17, 15) is 10.1 Å². The fourth-order valence-corrected chi connectivity index (χ4v) is 1.09. The third-order valence-corrected chi connectivity index (χ3v) is 2.01. The largest absolute Gasteiger partial charge is 0.279 e. The highest BCUT2D eigenvalue weighted by molar-refractivity contribution is 6.31. The molecule has 1 aromatic carbocycles. The highest BCUT2D eigenvalue weighted by Gasteiger charge is 2.14. The number of nitrogens with zero attached hydrogens (tertiary/aromatic N) is 4. The molecule has 0 radical (unpaired) electrons. The number of hydrogen-bond donors (Lipinski definition) is 0. The lowest BCUT2D eigenvalue weighted by Gasteiger charge is -2.00. The standard InChI is InChI=1S/C7H5ClN4O2/c1-4-2-7(12(13)14)6(10-11-9)3-5(4)8/h2-3H,1H3. The Morgan fingerprint density at radius 2 is 2.29 bits per heavy atom. The molecule has 0 spiro atoms. The molecule has 0 saturated heterocycles. The summed E-state index contributed by atoms with van der Waals surface area (Å²) in [7, 11) is 0. The van der Waals surface area contributed by atoms with E-state index in [2.05, 4.69) is 10.0 Å². The molecule has 0 heterocycles. The van der Waals surface area contributed by atoms with Gasteiger partial charge in [0.2, 0.25) is 0 Å². The summed E-state index contributed by atoms with van der Waals surface area (Å²) in [6.07, 6.45) is 0. The summed E-state index contributed by atoms with van der Waals surface area (Å²) in [6.45, 7) is 1.63. The average Bonchev–Trinajstić information content (AvgIpc) is 2.11. The van der Waals surface area contributed by atoms with Gasteiger partial charge in [-0.25, -0.2) is 0 Å². The first-order valence-electron chi connectivity index (χ1n) is 3.56. The molecule has 0 amide bonds. The van der Waals surface area contributed by atoms with Crippen molar-refractivity contribution in [1.82, 2.24) is 0 Å². The van der Waals surface area contributed by atoms with Crippen molar-refractivity contribution in [3.05, 3.63) is 43.3 Å². The second kappa shape index (κ2) is 3.95. The van der Waals surface area contributed by atoms with Gasteiger partial charge in [-0.15, -0.1) is 0 Å². The minimum absolute atomic E-state index is 0.0758. The monoisotopic (exact) mass is 212 g/mol. The van der Waals surface area contributed by atoms with Crippen molar-refractivity contribution in [1.29, 1.82) is 0 Å². The lowest BCUT2D eigenvalue weighted by molar-refractivity contribution is -0.384. The summed E-state index contributed by atoms with van der Waals surface area (Å²) in [5.41, 5.74) is 8.42. The Kier molecular flexibility index (Phi) is 2.91. The quantitative estimate of drug-likeness (QED) is 0.247. The van der Waals surface area contributed by atoms with E-state index < -0.39 is 4.92 Å². The van der Waals surface area contributed by atoms with Crippen LogP contribution in [0.4, 0.5) is 11.4 Å². The maximum absolute atomic E-state index is 10.5. The van der Waals surface area contributed by atoms with E-state index >= 15 is 0 Å². The van der Waals surface area contributed by atoms with E-state index in [4.69, 9.17) is 17.1 Å². The molecule has 0 aromatic heterocycles. The summed E-state index contributed by atoms with van der Waals surface area (Å²) in [4.78, 5) is 12.4. The Morgan fingerprint density at radius 1 is 1.64 bits per heavy atom. The summed E-state index contributed by atoms with van der Waals surface area (Å²) in [6, 6.07) is 2.54. The van der Waals surface area contributed by atoms with Gasteiger partial charge in [-0.3, -0.25) is 10.1 Å². The minimum atomic E-state index is -0.618. The van der Waals surface area contributed by atoms with Gasteiger partial charge < -0.3 is 0 Å². The van der Waals surface area contributed by atoms with Crippen molar-refractivity contribution in [2.45, 2.75) is 6.92 Å². The van der Waals surface area contributed by atoms with E-state index in [-0.39, 0.29) is 11.4 Å². The van der Waals surface area contributed by atoms with Crippen LogP contribution in [0.5, 0.6) is 0 Å². The summed E-state index contributed by atoms with van der Waals surface area (Å²) < 4.78 is 0. The molecule has 6 nitrogen and oxygen atoms in total. The van der Waals surface area contributed by atoms with Crippen LogP contribution in [0.15, 0.2) is 17.2 Å². The zero-order valence-corrected chi connectivity index (χ0v) is 7.89. The van der Waals surface area contributed by atoms with Crippen LogP contribution >= 0.6 is 11.6 Å². The number of aryl methyl sites for hydroxylation is 1. The molecule has 1 aromatic rings. The Balaban J connectivity index is 3.45. The fourth-order valence-electron chi connectivity index (χ4n) is 0.930. The molecule has 0 unspecified atom stereocenters. The molecule has 0 bridgehead atoms. The fraction of sp³-hybridized carbons (Fsp3) is 0.143. The van der Waals surface area contributed by atoms with Gasteiger partial charge >= 0.3 is 0 Å². The maximum atomic E-state index is 10.5. The van der Waals surface area contributed by atoms with E-state index in [1.165, 1.54) is 12.1 Å². The summed E-state index contributed by atoms with van der Waals surface area (Å²) in [5, 5.41) is 14.1. The molecule has 0 atom stereocenters. The Morgan fingerprint density at radius 3 is 2.79 bits per heavy atom. The topological polar surface area (TPSA) is 91.9 Å². The van der Waals surface area contributed by atoms with E-state index in [0.29, 0.717) is 10.6 Å². The van der Waals surface area contributed by atoms with Crippen LogP contribution in [-0.2, 0) is 0 Å². The first-order chi connectivity index (χ1) is 6.56. The Bertz CT molecular complexity index is 413. The molecule has 0 aliphatic heterocycles. The molecular formula is C7H5ClN4O2. The third kappa shape index (κ3) is 1.93. The van der Waals surface area contributed by atoms with Crippen LogP contribution in [-0.4, -0.2) is 4.92 Å². The first kappa shape index (κ1) is 10.3. The van der Waals surface area contributed by atoms with Crippen LogP contribution in [0.1, 0.15) is 5.56 Å². The third-order valence-electron chi connectivity index (χ3n) is 1.60. The van der Waals surface area contributed by atoms with Crippen LogP contribution < -0.4 is 0 Å². The zero-order valence-electron chi connectivity index (χ0n) is 7.14. The second-order valence-electron chi connectivity index (χ2n) is 2.54. The predicted octanol–water partition coefficient (Wildman–Crippen LogP) is 3.50. The summed E-state index contributed by atoms with van der Waals surface area (Å²) >= 11 is 5.72. The normalized spacial score (nSPS) is 9.29. The van der Waals surface area contributed by atoms with Crippen molar-refractivity contribution in [2.24, 2.45) is 5.11 Å². The van der Waals surface area contributed by atoms with Gasteiger partial charge in [0.25, 0.3) is 5.69 Å². The number of hydrogen-bond acceptors (Lipinski definition) is 3. The highest BCUT2D eigenvalue weighted by atomic mass is 35.5. The zero-order chi connectivity index (χ0) is 10.7. The smallest absolute Gasteiger partial charge is 0.258 e. The molecule has 0 fully saturated rings. The predicted molar refractivity (Wildman–Crippen MR) is 51.6 cm³/mol. The van der Waals surface area contributed by atoms with E-state index in [0.717, 1.165) is 0 Å². The molecule has 0 aliphatic carbocycles. The Hall–Kier alpha value is -1.78. The highest BCUT2D eigenvalue weighted by Crippen LogP contribution is 2.32. The van der Waals surface area contributed by atoms with Gasteiger partial charge in [0.1, 0.15) is 5.69 Å². The molecule has 72 valence electrons. The van der Waals surface area contributed by atoms with Gasteiger partial charge in [-0.1, -0.05) is 16.7 Å².